The number of pyridine rings is 1. The van der Waals surface area contributed by atoms with Crippen LogP contribution in [-0.4, -0.2) is 17.1 Å². The number of fused-ring (bicyclic) bond motifs is 1. The van der Waals surface area contributed by atoms with Crippen LogP contribution in [0.1, 0.15) is 19.8 Å². The number of nitrogens with one attached hydrogen (secondary N) is 2. The molecule has 1 atom stereocenters. The molecule has 14 heavy (non-hydrogen) atoms. The lowest BCUT2D eigenvalue weighted by Gasteiger charge is -2.37. The Morgan fingerprint density at radius 1 is 1.50 bits per heavy atom. The fourth-order valence-electron chi connectivity index (χ4n) is 2.21. The first kappa shape index (κ1) is 8.09. The van der Waals surface area contributed by atoms with Crippen LogP contribution in [0.25, 0.3) is 0 Å². The molecule has 0 spiro atoms. The van der Waals surface area contributed by atoms with Crippen molar-refractivity contribution in [3.63, 3.8) is 0 Å². The van der Waals surface area contributed by atoms with Crippen LogP contribution in [0.3, 0.4) is 0 Å². The van der Waals surface area contributed by atoms with Crippen LogP contribution in [0.15, 0.2) is 18.3 Å². The van der Waals surface area contributed by atoms with Gasteiger partial charge in [-0.05, 0) is 37.8 Å². The minimum atomic E-state index is 0.210. The van der Waals surface area contributed by atoms with Crippen molar-refractivity contribution in [2.75, 3.05) is 17.2 Å². The molecule has 74 valence electrons. The molecule has 1 aliphatic heterocycles. The molecule has 0 bridgehead atoms. The van der Waals surface area contributed by atoms with E-state index in [1.165, 1.54) is 12.8 Å². The summed E-state index contributed by atoms with van der Waals surface area (Å²) in [6.45, 7) is 3.30. The predicted octanol–water partition coefficient (Wildman–Crippen LogP) is 2.09. The van der Waals surface area contributed by atoms with Gasteiger partial charge in [-0.1, -0.05) is 0 Å². The van der Waals surface area contributed by atoms with Crippen molar-refractivity contribution in [1.29, 1.82) is 0 Å². The van der Waals surface area contributed by atoms with Crippen LogP contribution in [0.5, 0.6) is 0 Å². The maximum absolute atomic E-state index is 4.35. The summed E-state index contributed by atoms with van der Waals surface area (Å²) in [6, 6.07) is 4.04. The Balaban J connectivity index is 1.92. The van der Waals surface area contributed by atoms with Gasteiger partial charge in [-0.15, -0.1) is 0 Å². The second kappa shape index (κ2) is 2.62. The monoisotopic (exact) mass is 189 g/mol. The van der Waals surface area contributed by atoms with E-state index in [0.717, 1.165) is 24.0 Å². The first-order valence-corrected chi connectivity index (χ1v) is 5.25. The average molecular weight is 189 g/mol. The summed E-state index contributed by atoms with van der Waals surface area (Å²) in [5.74, 6) is 1.83. The molecule has 1 aromatic rings. The van der Waals surface area contributed by atoms with E-state index in [1.807, 2.05) is 12.3 Å². The molecule has 1 aromatic heterocycles. The lowest BCUT2D eigenvalue weighted by Crippen LogP contribution is -2.47. The van der Waals surface area contributed by atoms with E-state index in [2.05, 4.69) is 28.6 Å². The Morgan fingerprint density at radius 3 is 3.14 bits per heavy atom. The van der Waals surface area contributed by atoms with Gasteiger partial charge in [0.2, 0.25) is 0 Å². The second-order valence-corrected chi connectivity index (χ2v) is 4.57. The van der Waals surface area contributed by atoms with Crippen molar-refractivity contribution >= 4 is 11.5 Å². The van der Waals surface area contributed by atoms with Crippen molar-refractivity contribution in [2.24, 2.45) is 5.92 Å². The van der Waals surface area contributed by atoms with Crippen molar-refractivity contribution in [1.82, 2.24) is 4.98 Å². The molecule has 1 saturated carbocycles. The third-order valence-corrected chi connectivity index (χ3v) is 3.34. The summed E-state index contributed by atoms with van der Waals surface area (Å²) >= 11 is 0. The van der Waals surface area contributed by atoms with Gasteiger partial charge in [-0.3, -0.25) is 0 Å². The van der Waals surface area contributed by atoms with E-state index in [4.69, 9.17) is 0 Å². The van der Waals surface area contributed by atoms with Crippen LogP contribution in [-0.2, 0) is 0 Å². The Hall–Kier alpha value is -1.25. The van der Waals surface area contributed by atoms with Gasteiger partial charge in [0, 0.05) is 12.7 Å². The van der Waals surface area contributed by atoms with E-state index >= 15 is 0 Å². The quantitative estimate of drug-likeness (QED) is 0.710. The highest BCUT2D eigenvalue weighted by Crippen LogP contribution is 2.43. The van der Waals surface area contributed by atoms with E-state index < -0.39 is 0 Å². The van der Waals surface area contributed by atoms with Crippen molar-refractivity contribution < 1.29 is 0 Å². The number of anilines is 2. The molecule has 3 rings (SSSR count). The number of hydrogen-bond donors (Lipinski definition) is 2. The predicted molar refractivity (Wildman–Crippen MR) is 57.5 cm³/mol. The highest BCUT2D eigenvalue weighted by atomic mass is 15.2. The van der Waals surface area contributed by atoms with Gasteiger partial charge in [0.25, 0.3) is 0 Å². The van der Waals surface area contributed by atoms with Gasteiger partial charge in [0.1, 0.15) is 5.82 Å². The minimum absolute atomic E-state index is 0.210. The fourth-order valence-corrected chi connectivity index (χ4v) is 2.21. The van der Waals surface area contributed by atoms with E-state index in [1.54, 1.807) is 0 Å². The minimum Gasteiger partial charge on any atom is -0.380 e. The van der Waals surface area contributed by atoms with Gasteiger partial charge >= 0.3 is 0 Å². The molecule has 2 heterocycles. The third kappa shape index (κ3) is 1.15. The molecule has 1 unspecified atom stereocenters. The number of rotatable bonds is 1. The zero-order valence-corrected chi connectivity index (χ0v) is 8.38. The summed E-state index contributed by atoms with van der Waals surface area (Å²) in [5, 5.41) is 7.01. The normalized spacial score (nSPS) is 30.1. The molecule has 2 N–H and O–H groups in total. The van der Waals surface area contributed by atoms with Gasteiger partial charge in [0.05, 0.1) is 11.2 Å². The highest BCUT2D eigenvalue weighted by molar-refractivity contribution is 5.67. The molecular formula is C11H15N3. The van der Waals surface area contributed by atoms with Gasteiger partial charge in [-0.2, -0.15) is 0 Å². The molecule has 1 fully saturated rings. The molecule has 3 heteroatoms. The van der Waals surface area contributed by atoms with Crippen LogP contribution < -0.4 is 10.6 Å². The lowest BCUT2D eigenvalue weighted by atomic mass is 9.93. The van der Waals surface area contributed by atoms with Crippen molar-refractivity contribution in [2.45, 2.75) is 25.3 Å². The molecule has 1 aliphatic carbocycles. The molecular weight excluding hydrogens is 174 g/mol. The molecule has 0 aromatic carbocycles. The third-order valence-electron chi connectivity index (χ3n) is 3.34. The van der Waals surface area contributed by atoms with Gasteiger partial charge in [-0.25, -0.2) is 4.98 Å². The summed E-state index contributed by atoms with van der Waals surface area (Å²) in [6.07, 6.45) is 4.55. The number of aromatic nitrogens is 1. The Bertz CT molecular complexity index is 359. The second-order valence-electron chi connectivity index (χ2n) is 4.57. The average Bonchev–Trinajstić information content (AvgIpc) is 3.01. The molecule has 3 nitrogen and oxygen atoms in total. The zero-order chi connectivity index (χ0) is 9.60. The number of hydrogen-bond acceptors (Lipinski definition) is 3. The fraction of sp³-hybridized carbons (Fsp3) is 0.545. The SMILES string of the molecule is CC1(C2CC2)CNc2cccnc2N1. The van der Waals surface area contributed by atoms with Gasteiger partial charge in [0.15, 0.2) is 0 Å². The summed E-state index contributed by atoms with van der Waals surface area (Å²) < 4.78 is 0. The molecule has 2 aliphatic rings. The molecule has 0 saturated heterocycles. The lowest BCUT2D eigenvalue weighted by molar-refractivity contribution is 0.463. The highest BCUT2D eigenvalue weighted by Gasteiger charge is 2.43. The first-order chi connectivity index (χ1) is 6.78. The van der Waals surface area contributed by atoms with E-state index in [0.29, 0.717) is 0 Å². The van der Waals surface area contributed by atoms with Gasteiger partial charge < -0.3 is 10.6 Å². The smallest absolute Gasteiger partial charge is 0.149 e. The summed E-state index contributed by atoms with van der Waals surface area (Å²) in [7, 11) is 0. The van der Waals surface area contributed by atoms with Crippen LogP contribution in [0.4, 0.5) is 11.5 Å². The molecule has 0 radical (unpaired) electrons. The summed E-state index contributed by atoms with van der Waals surface area (Å²) in [4.78, 5) is 4.35. The Kier molecular flexibility index (Phi) is 1.52. The van der Waals surface area contributed by atoms with Crippen LogP contribution in [0.2, 0.25) is 0 Å². The number of nitrogens with zero attached hydrogens (tertiary/aromatic N) is 1. The maximum atomic E-state index is 4.35. The first-order valence-electron chi connectivity index (χ1n) is 5.25. The van der Waals surface area contributed by atoms with Crippen LogP contribution >= 0.6 is 0 Å². The largest absolute Gasteiger partial charge is 0.380 e. The summed E-state index contributed by atoms with van der Waals surface area (Å²) in [5.41, 5.74) is 1.34. The molecule has 0 amide bonds. The Morgan fingerprint density at radius 2 is 2.36 bits per heavy atom. The Labute approximate surface area is 83.9 Å². The van der Waals surface area contributed by atoms with E-state index in [9.17, 15) is 0 Å². The maximum Gasteiger partial charge on any atom is 0.149 e. The van der Waals surface area contributed by atoms with E-state index in [-0.39, 0.29) is 5.54 Å². The van der Waals surface area contributed by atoms with Crippen molar-refractivity contribution in [3.8, 4) is 0 Å². The zero-order valence-electron chi connectivity index (χ0n) is 8.38. The topological polar surface area (TPSA) is 37.0 Å². The van der Waals surface area contributed by atoms with Crippen LogP contribution in [0, 0.1) is 5.92 Å². The standard InChI is InChI=1S/C11H15N3/c1-11(8-4-5-8)7-13-9-3-2-6-12-10(9)14-11/h2-3,6,8,13H,4-5,7H2,1H3,(H,12,14). The van der Waals surface area contributed by atoms with Crippen molar-refractivity contribution in [3.05, 3.63) is 18.3 Å².